The fourth-order valence-electron chi connectivity index (χ4n) is 2.65. The Kier molecular flexibility index (Phi) is 8.03. The number of amides is 1. The van der Waals surface area contributed by atoms with Crippen molar-refractivity contribution in [2.24, 2.45) is 0 Å². The van der Waals surface area contributed by atoms with Crippen molar-refractivity contribution in [2.75, 3.05) is 40.4 Å². The fourth-order valence-corrected chi connectivity index (χ4v) is 2.95. The highest BCUT2D eigenvalue weighted by Crippen LogP contribution is 2.40. The molecule has 8 heteroatoms. The van der Waals surface area contributed by atoms with Gasteiger partial charge in [0.1, 0.15) is 0 Å². The molecule has 2 aromatic carbocycles. The van der Waals surface area contributed by atoms with E-state index in [-0.39, 0.29) is 5.91 Å². The maximum absolute atomic E-state index is 12.4. The molecule has 7 nitrogen and oxygen atoms in total. The van der Waals surface area contributed by atoms with E-state index in [0.717, 1.165) is 0 Å². The molecule has 0 spiro atoms. The molecule has 0 bridgehead atoms. The van der Waals surface area contributed by atoms with Gasteiger partial charge in [-0.05, 0) is 30.7 Å². The van der Waals surface area contributed by atoms with Crippen LogP contribution in [-0.2, 0) is 4.79 Å². The molecule has 29 heavy (non-hydrogen) atoms. The molecule has 2 rings (SSSR count). The summed E-state index contributed by atoms with van der Waals surface area (Å²) < 4.78 is 26.6. The van der Waals surface area contributed by atoms with E-state index in [9.17, 15) is 4.79 Å². The zero-order valence-corrected chi connectivity index (χ0v) is 17.8. The third-order valence-electron chi connectivity index (χ3n) is 3.90. The lowest BCUT2D eigenvalue weighted by Gasteiger charge is -2.14. The lowest BCUT2D eigenvalue weighted by atomic mass is 10.2. The van der Waals surface area contributed by atoms with E-state index in [1.807, 2.05) is 6.92 Å². The van der Waals surface area contributed by atoms with Gasteiger partial charge in [-0.2, -0.15) is 0 Å². The van der Waals surface area contributed by atoms with E-state index in [1.165, 1.54) is 34.5 Å². The molecule has 0 aliphatic heterocycles. The molecule has 0 radical (unpaired) electrons. The minimum Gasteiger partial charge on any atom is -0.493 e. The topological polar surface area (TPSA) is 75.3 Å². The van der Waals surface area contributed by atoms with Crippen LogP contribution in [0.15, 0.2) is 30.3 Å². The SMILES string of the molecule is CCOc1cc(/C=C/C(=O)Nc2cc(OC)c(OC)c(OC)c2)cc(Cl)c1OC. The van der Waals surface area contributed by atoms with Gasteiger partial charge in [-0.15, -0.1) is 0 Å². The Balaban J connectivity index is 2.22. The van der Waals surface area contributed by atoms with Gasteiger partial charge in [0.25, 0.3) is 0 Å². The van der Waals surface area contributed by atoms with Crippen LogP contribution in [0.2, 0.25) is 5.02 Å². The molecule has 0 atom stereocenters. The van der Waals surface area contributed by atoms with E-state index in [4.69, 9.17) is 35.3 Å². The summed E-state index contributed by atoms with van der Waals surface area (Å²) in [6.07, 6.45) is 3.01. The Morgan fingerprint density at radius 2 is 1.55 bits per heavy atom. The fraction of sp³-hybridized carbons (Fsp3) is 0.286. The van der Waals surface area contributed by atoms with Gasteiger partial charge in [-0.1, -0.05) is 11.6 Å². The Morgan fingerprint density at radius 1 is 0.931 bits per heavy atom. The first-order valence-corrected chi connectivity index (χ1v) is 9.14. The van der Waals surface area contributed by atoms with E-state index in [2.05, 4.69) is 5.32 Å². The average Bonchev–Trinajstić information content (AvgIpc) is 2.71. The molecule has 1 amide bonds. The van der Waals surface area contributed by atoms with Crippen molar-refractivity contribution in [3.63, 3.8) is 0 Å². The molecular formula is C21H24ClNO6. The molecule has 156 valence electrons. The molecule has 0 unspecified atom stereocenters. The van der Waals surface area contributed by atoms with Crippen LogP contribution in [0.5, 0.6) is 28.7 Å². The van der Waals surface area contributed by atoms with Gasteiger partial charge in [0.15, 0.2) is 23.0 Å². The maximum atomic E-state index is 12.4. The Labute approximate surface area is 175 Å². The highest BCUT2D eigenvalue weighted by atomic mass is 35.5. The molecule has 0 aliphatic carbocycles. The molecule has 1 N–H and O–H groups in total. The van der Waals surface area contributed by atoms with Crippen LogP contribution in [0.1, 0.15) is 12.5 Å². The molecule has 0 heterocycles. The maximum Gasteiger partial charge on any atom is 0.248 e. The lowest BCUT2D eigenvalue weighted by molar-refractivity contribution is -0.111. The summed E-state index contributed by atoms with van der Waals surface area (Å²) in [6, 6.07) is 6.72. The summed E-state index contributed by atoms with van der Waals surface area (Å²) in [5.41, 5.74) is 1.19. The first kappa shape index (κ1) is 22.2. The first-order chi connectivity index (χ1) is 14.0. The van der Waals surface area contributed by atoms with E-state index in [0.29, 0.717) is 51.6 Å². The van der Waals surface area contributed by atoms with Gasteiger partial charge in [0.05, 0.1) is 40.1 Å². The third kappa shape index (κ3) is 5.48. The number of carbonyl (C=O) groups excluding carboxylic acids is 1. The van der Waals surface area contributed by atoms with Gasteiger partial charge in [0, 0.05) is 23.9 Å². The number of nitrogens with one attached hydrogen (secondary N) is 1. The van der Waals surface area contributed by atoms with Gasteiger partial charge in [-0.3, -0.25) is 4.79 Å². The summed E-state index contributed by atoms with van der Waals surface area (Å²) in [5.74, 6) is 1.94. The number of anilines is 1. The molecule has 0 fully saturated rings. The van der Waals surface area contributed by atoms with Gasteiger partial charge in [-0.25, -0.2) is 0 Å². The Bertz CT molecular complexity index is 872. The number of benzene rings is 2. The van der Waals surface area contributed by atoms with Gasteiger partial charge < -0.3 is 29.0 Å². The van der Waals surface area contributed by atoms with Crippen LogP contribution in [0, 0.1) is 0 Å². The lowest BCUT2D eigenvalue weighted by Crippen LogP contribution is -2.08. The van der Waals surface area contributed by atoms with Crippen LogP contribution in [0.4, 0.5) is 5.69 Å². The summed E-state index contributed by atoms with van der Waals surface area (Å²) >= 11 is 6.23. The highest BCUT2D eigenvalue weighted by molar-refractivity contribution is 6.32. The minimum atomic E-state index is -0.343. The van der Waals surface area contributed by atoms with Crippen molar-refractivity contribution >= 4 is 29.3 Å². The zero-order valence-electron chi connectivity index (χ0n) is 17.0. The minimum absolute atomic E-state index is 0.343. The zero-order chi connectivity index (χ0) is 21.4. The smallest absolute Gasteiger partial charge is 0.248 e. The number of ether oxygens (including phenoxy) is 5. The third-order valence-corrected chi connectivity index (χ3v) is 4.18. The van der Waals surface area contributed by atoms with Crippen molar-refractivity contribution in [1.82, 2.24) is 0 Å². The summed E-state index contributed by atoms with van der Waals surface area (Å²) in [6.45, 7) is 2.32. The number of rotatable bonds is 9. The van der Waals surface area contributed by atoms with Crippen LogP contribution in [-0.4, -0.2) is 41.0 Å². The van der Waals surface area contributed by atoms with Gasteiger partial charge >= 0.3 is 0 Å². The number of methoxy groups -OCH3 is 4. The second kappa shape index (κ2) is 10.5. The molecule has 0 aliphatic rings. The van der Waals surface area contributed by atoms with Crippen LogP contribution in [0.3, 0.4) is 0 Å². The van der Waals surface area contributed by atoms with E-state index in [1.54, 1.807) is 30.3 Å². The summed E-state index contributed by atoms with van der Waals surface area (Å²) in [5, 5.41) is 3.15. The van der Waals surface area contributed by atoms with Gasteiger partial charge in [0.2, 0.25) is 11.7 Å². The summed E-state index contributed by atoms with van der Waals surface area (Å²) in [4.78, 5) is 12.4. The monoisotopic (exact) mass is 421 g/mol. The second-order valence-electron chi connectivity index (χ2n) is 5.70. The van der Waals surface area contributed by atoms with Crippen molar-refractivity contribution in [3.8, 4) is 28.7 Å². The average molecular weight is 422 g/mol. The summed E-state index contributed by atoms with van der Waals surface area (Å²) in [7, 11) is 6.04. The molecule has 0 saturated carbocycles. The first-order valence-electron chi connectivity index (χ1n) is 8.76. The van der Waals surface area contributed by atoms with E-state index < -0.39 is 0 Å². The predicted molar refractivity (Wildman–Crippen MR) is 113 cm³/mol. The Morgan fingerprint density at radius 3 is 2.07 bits per heavy atom. The van der Waals surface area contributed by atoms with Crippen LogP contribution >= 0.6 is 11.6 Å². The quantitative estimate of drug-likeness (QED) is 0.604. The number of halogens is 1. The standard InChI is InChI=1S/C21H24ClNO6/c1-6-29-18-10-13(9-15(22)20(18)27-4)7-8-19(24)23-14-11-16(25-2)21(28-5)17(12-14)26-3/h7-12H,6H2,1-5H3,(H,23,24)/b8-7+. The molecule has 0 saturated heterocycles. The number of hydrogen-bond acceptors (Lipinski definition) is 6. The van der Waals surface area contributed by atoms with Crippen molar-refractivity contribution in [2.45, 2.75) is 6.92 Å². The number of hydrogen-bond donors (Lipinski definition) is 1. The van der Waals surface area contributed by atoms with Crippen molar-refractivity contribution in [3.05, 3.63) is 40.9 Å². The largest absolute Gasteiger partial charge is 0.493 e. The highest BCUT2D eigenvalue weighted by Gasteiger charge is 2.14. The van der Waals surface area contributed by atoms with Crippen molar-refractivity contribution < 1.29 is 28.5 Å². The normalized spacial score (nSPS) is 10.6. The second-order valence-corrected chi connectivity index (χ2v) is 6.11. The molecule has 0 aromatic heterocycles. The van der Waals surface area contributed by atoms with Crippen LogP contribution < -0.4 is 29.0 Å². The van der Waals surface area contributed by atoms with E-state index >= 15 is 0 Å². The molecular weight excluding hydrogens is 398 g/mol. The van der Waals surface area contributed by atoms with Crippen LogP contribution in [0.25, 0.3) is 6.08 Å². The molecule has 2 aromatic rings. The number of carbonyl (C=O) groups is 1. The predicted octanol–water partition coefficient (Wildman–Crippen LogP) is 4.43. The Hall–Kier alpha value is -3.06. The van der Waals surface area contributed by atoms with Crippen molar-refractivity contribution in [1.29, 1.82) is 0 Å².